The molecular weight excluding hydrogens is 380 g/mol. The van der Waals surface area contributed by atoms with E-state index < -0.39 is 48.7 Å². The molecule has 1 aliphatic heterocycles. The second-order valence-electron chi connectivity index (χ2n) is 6.96. The highest BCUT2D eigenvalue weighted by molar-refractivity contribution is 5.92. The van der Waals surface area contributed by atoms with E-state index in [9.17, 15) is 24.3 Å². The number of aldehydes is 1. The molecule has 2 rings (SSSR count). The van der Waals surface area contributed by atoms with Crippen LogP contribution in [0.15, 0.2) is 47.6 Å². The van der Waals surface area contributed by atoms with E-state index in [-0.39, 0.29) is 16.7 Å². The zero-order chi connectivity index (χ0) is 21.7. The molecule has 8 nitrogen and oxygen atoms in total. The van der Waals surface area contributed by atoms with Gasteiger partial charge in [-0.1, -0.05) is 24.8 Å². The van der Waals surface area contributed by atoms with Gasteiger partial charge in [0.2, 0.25) is 0 Å². The third kappa shape index (κ3) is 5.08. The van der Waals surface area contributed by atoms with Gasteiger partial charge in [0, 0.05) is 18.1 Å². The van der Waals surface area contributed by atoms with Crippen molar-refractivity contribution < 1.29 is 38.5 Å². The Morgan fingerprint density at radius 2 is 2.07 bits per heavy atom. The molecule has 0 aromatic rings. The molecule has 4 unspecified atom stereocenters. The van der Waals surface area contributed by atoms with Crippen LogP contribution in [0.1, 0.15) is 26.7 Å². The molecule has 0 aromatic heterocycles. The Hall–Kier alpha value is -3.00. The van der Waals surface area contributed by atoms with Crippen molar-refractivity contribution in [2.75, 3.05) is 6.61 Å². The zero-order valence-corrected chi connectivity index (χ0v) is 16.4. The Kier molecular flexibility index (Phi) is 7.28. The summed E-state index contributed by atoms with van der Waals surface area (Å²) in [6.45, 7) is 9.52. The summed E-state index contributed by atoms with van der Waals surface area (Å²) >= 11 is 0. The van der Waals surface area contributed by atoms with Gasteiger partial charge in [-0.15, -0.1) is 0 Å². The summed E-state index contributed by atoms with van der Waals surface area (Å²) in [6.07, 6.45) is 1.49. The maximum absolute atomic E-state index is 12.4. The van der Waals surface area contributed by atoms with Gasteiger partial charge >= 0.3 is 17.9 Å². The monoisotopic (exact) mass is 404 g/mol. The van der Waals surface area contributed by atoms with E-state index in [0.29, 0.717) is 19.1 Å². The molecule has 0 bridgehead atoms. The van der Waals surface area contributed by atoms with Gasteiger partial charge in [-0.25, -0.2) is 9.59 Å². The van der Waals surface area contributed by atoms with Gasteiger partial charge in [0.25, 0.3) is 0 Å². The lowest BCUT2D eigenvalue weighted by Crippen LogP contribution is -2.45. The molecule has 0 amide bonds. The van der Waals surface area contributed by atoms with E-state index in [1.807, 2.05) is 6.92 Å². The van der Waals surface area contributed by atoms with Gasteiger partial charge in [0.15, 0.2) is 12.2 Å². The minimum atomic E-state index is -1.29. The molecule has 8 heteroatoms. The maximum Gasteiger partial charge on any atom is 0.336 e. The number of hydrogen-bond acceptors (Lipinski definition) is 8. The van der Waals surface area contributed by atoms with Gasteiger partial charge < -0.3 is 19.3 Å². The fourth-order valence-electron chi connectivity index (χ4n) is 3.29. The number of carbonyl (C=O) groups excluding carboxylic acids is 4. The highest BCUT2D eigenvalue weighted by Gasteiger charge is 2.49. The van der Waals surface area contributed by atoms with Gasteiger partial charge in [0.1, 0.15) is 12.4 Å². The van der Waals surface area contributed by atoms with Crippen molar-refractivity contribution in [1.82, 2.24) is 0 Å². The molecular formula is C21H24O8. The Bertz CT molecular complexity index is 803. The second kappa shape index (κ2) is 9.47. The Morgan fingerprint density at radius 1 is 1.38 bits per heavy atom. The first-order valence-electron chi connectivity index (χ1n) is 9.08. The first-order valence-corrected chi connectivity index (χ1v) is 9.08. The van der Waals surface area contributed by atoms with Crippen LogP contribution in [0.4, 0.5) is 0 Å². The summed E-state index contributed by atoms with van der Waals surface area (Å²) in [5, 5.41) is 9.18. The third-order valence-electron chi connectivity index (χ3n) is 4.76. The summed E-state index contributed by atoms with van der Waals surface area (Å²) < 4.78 is 16.2. The Balaban J connectivity index is 2.62. The molecule has 4 atom stereocenters. The predicted molar refractivity (Wildman–Crippen MR) is 101 cm³/mol. The number of aliphatic hydroxyl groups is 1. The van der Waals surface area contributed by atoms with Crippen LogP contribution in [0.25, 0.3) is 0 Å². The minimum absolute atomic E-state index is 0.0226. The molecule has 2 aliphatic rings. The summed E-state index contributed by atoms with van der Waals surface area (Å²) in [7, 11) is 0. The predicted octanol–water partition coefficient (Wildman–Crippen LogP) is 1.34. The molecule has 1 heterocycles. The zero-order valence-electron chi connectivity index (χ0n) is 16.4. The molecule has 1 saturated heterocycles. The SMILES string of the molecule is C=C(CO)C(=O)OC1C(OC(C)=O)C(C=O)=CCCC(C)=CC2OC(=O)C(=C)C21. The highest BCUT2D eigenvalue weighted by atomic mass is 16.6. The Morgan fingerprint density at radius 3 is 2.66 bits per heavy atom. The number of fused-ring (bicyclic) bond motifs is 1. The molecule has 1 aliphatic carbocycles. The number of ether oxygens (including phenoxy) is 3. The summed E-state index contributed by atoms with van der Waals surface area (Å²) in [4.78, 5) is 48.1. The van der Waals surface area contributed by atoms with Gasteiger partial charge in [-0.2, -0.15) is 0 Å². The van der Waals surface area contributed by atoms with Gasteiger partial charge in [0.05, 0.1) is 18.1 Å². The van der Waals surface area contributed by atoms with Crippen LogP contribution in [0.5, 0.6) is 0 Å². The van der Waals surface area contributed by atoms with Crippen molar-refractivity contribution in [1.29, 1.82) is 0 Å². The second-order valence-corrected chi connectivity index (χ2v) is 6.96. The van der Waals surface area contributed by atoms with Crippen LogP contribution >= 0.6 is 0 Å². The summed E-state index contributed by atoms with van der Waals surface area (Å²) in [5.74, 6) is -3.24. The lowest BCUT2D eigenvalue weighted by atomic mass is 9.83. The summed E-state index contributed by atoms with van der Waals surface area (Å²) in [5.41, 5.74) is 0.779. The molecule has 0 aromatic carbocycles. The van der Waals surface area contributed by atoms with Crippen LogP contribution in [-0.4, -0.2) is 54.2 Å². The fourth-order valence-corrected chi connectivity index (χ4v) is 3.29. The standard InChI is InChI=1S/C21H24O8/c1-11-6-5-7-15(10-23)18(27-14(4)24)19(29-20(25)12(2)9-22)17-13(3)21(26)28-16(17)8-11/h7-8,10,16-19,22H,2-3,5-6,9H2,1,4H3. The van der Waals surface area contributed by atoms with Crippen molar-refractivity contribution in [3.8, 4) is 0 Å². The van der Waals surface area contributed by atoms with Crippen molar-refractivity contribution in [3.63, 3.8) is 0 Å². The topological polar surface area (TPSA) is 116 Å². The van der Waals surface area contributed by atoms with Crippen molar-refractivity contribution in [3.05, 3.63) is 47.6 Å². The van der Waals surface area contributed by atoms with E-state index in [4.69, 9.17) is 14.2 Å². The minimum Gasteiger partial charge on any atom is -0.454 e. The molecule has 0 spiro atoms. The quantitative estimate of drug-likeness (QED) is 0.240. The largest absolute Gasteiger partial charge is 0.454 e. The molecule has 29 heavy (non-hydrogen) atoms. The number of rotatable bonds is 5. The number of hydrogen-bond donors (Lipinski definition) is 1. The fraction of sp³-hybridized carbons (Fsp3) is 0.429. The molecule has 0 radical (unpaired) electrons. The molecule has 1 fully saturated rings. The molecule has 1 N–H and O–H groups in total. The van der Waals surface area contributed by atoms with Gasteiger partial charge in [-0.05, 0) is 25.8 Å². The Labute approximate surface area is 168 Å². The number of esters is 3. The summed E-state index contributed by atoms with van der Waals surface area (Å²) in [6, 6.07) is 0. The number of allylic oxidation sites excluding steroid dienone is 2. The highest BCUT2D eigenvalue weighted by Crippen LogP contribution is 2.37. The van der Waals surface area contributed by atoms with Gasteiger partial charge in [-0.3, -0.25) is 9.59 Å². The maximum atomic E-state index is 12.4. The van der Waals surface area contributed by atoms with Crippen molar-refractivity contribution in [2.24, 2.45) is 5.92 Å². The first kappa shape index (κ1) is 22.3. The van der Waals surface area contributed by atoms with E-state index in [2.05, 4.69) is 13.2 Å². The lowest BCUT2D eigenvalue weighted by molar-refractivity contribution is -0.166. The smallest absolute Gasteiger partial charge is 0.336 e. The van der Waals surface area contributed by atoms with E-state index in [0.717, 1.165) is 12.5 Å². The normalized spacial score (nSPS) is 27.0. The van der Waals surface area contributed by atoms with Crippen molar-refractivity contribution in [2.45, 2.75) is 45.0 Å². The molecule has 156 valence electrons. The third-order valence-corrected chi connectivity index (χ3v) is 4.76. The lowest BCUT2D eigenvalue weighted by Gasteiger charge is -2.33. The van der Waals surface area contributed by atoms with E-state index in [1.54, 1.807) is 12.2 Å². The van der Waals surface area contributed by atoms with Crippen LogP contribution in [-0.2, 0) is 33.4 Å². The van der Waals surface area contributed by atoms with Crippen molar-refractivity contribution >= 4 is 24.2 Å². The van der Waals surface area contributed by atoms with E-state index in [1.165, 1.54) is 0 Å². The van der Waals surface area contributed by atoms with E-state index >= 15 is 0 Å². The number of aliphatic hydroxyl groups excluding tert-OH is 1. The first-order chi connectivity index (χ1) is 13.7. The van der Waals surface area contributed by atoms with Crippen LogP contribution in [0.3, 0.4) is 0 Å². The van der Waals surface area contributed by atoms with Crippen LogP contribution < -0.4 is 0 Å². The number of carbonyl (C=O) groups is 4. The average Bonchev–Trinajstić information content (AvgIpc) is 2.93. The molecule has 0 saturated carbocycles. The average molecular weight is 404 g/mol. The van der Waals surface area contributed by atoms with Crippen LogP contribution in [0, 0.1) is 5.92 Å². The van der Waals surface area contributed by atoms with Crippen LogP contribution in [0.2, 0.25) is 0 Å².